The van der Waals surface area contributed by atoms with E-state index < -0.39 is 5.79 Å². The van der Waals surface area contributed by atoms with Crippen LogP contribution in [0.5, 0.6) is 5.88 Å². The largest absolute Gasteiger partial charge is 0.477 e. The van der Waals surface area contributed by atoms with Crippen LogP contribution in [-0.4, -0.2) is 34.1 Å². The van der Waals surface area contributed by atoms with E-state index in [-0.39, 0.29) is 5.92 Å². The highest BCUT2D eigenvalue weighted by molar-refractivity contribution is 5.30. The Balaban J connectivity index is 2.31. The Morgan fingerprint density at radius 3 is 2.71 bits per heavy atom. The summed E-state index contributed by atoms with van der Waals surface area (Å²) in [6, 6.07) is 1.56. The maximum atomic E-state index is 9.39. The third kappa shape index (κ3) is 6.03. The topological polar surface area (TPSA) is 90.5 Å². The summed E-state index contributed by atoms with van der Waals surface area (Å²) >= 11 is 0. The van der Waals surface area contributed by atoms with Gasteiger partial charge < -0.3 is 20.3 Å². The number of nitrogen functional groups attached to an aromatic ring is 1. The van der Waals surface area contributed by atoms with Gasteiger partial charge in [-0.05, 0) is 13.8 Å². The van der Waals surface area contributed by atoms with Gasteiger partial charge in [-0.15, -0.1) is 0 Å². The molecule has 1 rings (SSSR count). The van der Waals surface area contributed by atoms with E-state index in [9.17, 15) is 5.11 Å². The highest BCUT2D eigenvalue weighted by Gasteiger charge is 2.14. The first-order chi connectivity index (χ1) is 7.87. The fourth-order valence-electron chi connectivity index (χ4n) is 1.05. The first-order valence-corrected chi connectivity index (χ1v) is 5.43. The molecule has 6 heteroatoms. The number of aromatic nitrogens is 2. The molecule has 0 bridgehead atoms. The van der Waals surface area contributed by atoms with E-state index in [2.05, 4.69) is 9.97 Å². The summed E-state index contributed by atoms with van der Waals surface area (Å²) in [7, 11) is 0. The molecule has 0 saturated carbocycles. The number of ether oxygens (including phenoxy) is 2. The monoisotopic (exact) mass is 241 g/mol. The summed E-state index contributed by atoms with van der Waals surface area (Å²) in [4.78, 5) is 7.68. The van der Waals surface area contributed by atoms with Crippen LogP contribution in [0.25, 0.3) is 0 Å². The lowest BCUT2D eigenvalue weighted by Crippen LogP contribution is -2.27. The number of hydrogen-bond acceptors (Lipinski definition) is 6. The molecule has 0 radical (unpaired) electrons. The molecule has 0 unspecified atom stereocenters. The molecule has 0 aliphatic carbocycles. The maximum Gasteiger partial charge on any atom is 0.218 e. The Bertz CT molecular complexity index is 352. The van der Waals surface area contributed by atoms with E-state index in [0.29, 0.717) is 24.9 Å². The van der Waals surface area contributed by atoms with E-state index in [0.717, 1.165) is 0 Å². The molecule has 0 aliphatic heterocycles. The lowest BCUT2D eigenvalue weighted by molar-refractivity contribution is -0.183. The van der Waals surface area contributed by atoms with E-state index in [4.69, 9.17) is 15.2 Å². The average Bonchev–Trinajstić information content (AvgIpc) is 2.23. The normalized spacial score (nSPS) is 13.4. The summed E-state index contributed by atoms with van der Waals surface area (Å²) in [5.41, 5.74) is 5.49. The molecule has 1 aromatic rings. The first-order valence-electron chi connectivity index (χ1n) is 5.43. The summed E-state index contributed by atoms with van der Waals surface area (Å²) in [5, 5.41) is 9.39. The molecule has 1 atom stereocenters. The first kappa shape index (κ1) is 13.7. The third-order valence-corrected chi connectivity index (χ3v) is 1.90. The summed E-state index contributed by atoms with van der Waals surface area (Å²) in [6.07, 6.45) is 1.35. The van der Waals surface area contributed by atoms with Crippen LogP contribution in [-0.2, 0) is 4.74 Å². The Morgan fingerprint density at radius 1 is 1.41 bits per heavy atom. The van der Waals surface area contributed by atoms with E-state index in [1.165, 1.54) is 6.33 Å². The van der Waals surface area contributed by atoms with Crippen molar-refractivity contribution in [3.8, 4) is 5.88 Å². The molecule has 0 saturated heterocycles. The summed E-state index contributed by atoms with van der Waals surface area (Å²) in [6.45, 7) is 5.98. The lowest BCUT2D eigenvalue weighted by Gasteiger charge is -2.21. The molecule has 1 aromatic heterocycles. The van der Waals surface area contributed by atoms with Crippen molar-refractivity contribution in [2.75, 3.05) is 18.9 Å². The quantitative estimate of drug-likeness (QED) is 0.716. The number of nitrogens with zero attached hydrogens (tertiary/aromatic N) is 2. The molecule has 0 aromatic carbocycles. The molecule has 17 heavy (non-hydrogen) atoms. The van der Waals surface area contributed by atoms with Crippen LogP contribution in [0.1, 0.15) is 20.8 Å². The predicted octanol–water partition coefficient (Wildman–Crippen LogP) is 0.819. The maximum absolute atomic E-state index is 9.39. The van der Waals surface area contributed by atoms with Gasteiger partial charge in [-0.2, -0.15) is 0 Å². The number of hydrogen-bond donors (Lipinski definition) is 2. The van der Waals surface area contributed by atoms with Crippen LogP contribution in [0, 0.1) is 5.92 Å². The standard InChI is InChI=1S/C11H19N3O3/c1-8(6-17-11(2,3)15)5-16-10-4-9(12)13-7-14-10/h4,7-8,15H,5-6H2,1-3H3,(H2,12,13,14)/t8-/m0/s1. The van der Waals surface area contributed by atoms with Crippen molar-refractivity contribution < 1.29 is 14.6 Å². The average molecular weight is 241 g/mol. The van der Waals surface area contributed by atoms with Gasteiger partial charge in [-0.1, -0.05) is 6.92 Å². The van der Waals surface area contributed by atoms with Gasteiger partial charge in [0.15, 0.2) is 5.79 Å². The van der Waals surface area contributed by atoms with Crippen LogP contribution in [0.4, 0.5) is 5.82 Å². The van der Waals surface area contributed by atoms with Crippen LogP contribution < -0.4 is 10.5 Å². The minimum Gasteiger partial charge on any atom is -0.477 e. The van der Waals surface area contributed by atoms with Crippen molar-refractivity contribution in [3.63, 3.8) is 0 Å². The highest BCUT2D eigenvalue weighted by atomic mass is 16.6. The molecular weight excluding hydrogens is 222 g/mol. The summed E-state index contributed by atoms with van der Waals surface area (Å²) in [5.74, 6) is -0.172. The van der Waals surface area contributed by atoms with Crippen LogP contribution in [0.15, 0.2) is 12.4 Å². The Labute approximate surface area is 101 Å². The Morgan fingerprint density at radius 2 is 2.12 bits per heavy atom. The molecule has 0 fully saturated rings. The van der Waals surface area contributed by atoms with Crippen LogP contribution in [0.2, 0.25) is 0 Å². The van der Waals surface area contributed by atoms with Gasteiger partial charge in [0.2, 0.25) is 5.88 Å². The molecule has 0 amide bonds. The molecule has 3 N–H and O–H groups in total. The van der Waals surface area contributed by atoms with Gasteiger partial charge in [-0.3, -0.25) is 0 Å². The molecule has 6 nitrogen and oxygen atoms in total. The Kier molecular flexibility index (Phi) is 4.65. The van der Waals surface area contributed by atoms with Crippen molar-refractivity contribution in [2.24, 2.45) is 5.92 Å². The molecule has 0 spiro atoms. The fraction of sp³-hybridized carbons (Fsp3) is 0.636. The van der Waals surface area contributed by atoms with E-state index >= 15 is 0 Å². The highest BCUT2D eigenvalue weighted by Crippen LogP contribution is 2.11. The number of rotatable bonds is 6. The van der Waals surface area contributed by atoms with Gasteiger partial charge in [0.25, 0.3) is 0 Å². The molecular formula is C11H19N3O3. The van der Waals surface area contributed by atoms with Crippen molar-refractivity contribution in [1.82, 2.24) is 9.97 Å². The lowest BCUT2D eigenvalue weighted by atomic mass is 10.2. The van der Waals surface area contributed by atoms with E-state index in [1.807, 2.05) is 6.92 Å². The zero-order valence-corrected chi connectivity index (χ0v) is 10.4. The van der Waals surface area contributed by atoms with Crippen molar-refractivity contribution >= 4 is 5.82 Å². The minimum absolute atomic E-state index is 0.137. The van der Waals surface area contributed by atoms with Crippen LogP contribution in [0.3, 0.4) is 0 Å². The predicted molar refractivity (Wildman–Crippen MR) is 63.4 cm³/mol. The third-order valence-electron chi connectivity index (χ3n) is 1.90. The van der Waals surface area contributed by atoms with E-state index in [1.54, 1.807) is 19.9 Å². The minimum atomic E-state index is -1.12. The number of aliphatic hydroxyl groups is 1. The summed E-state index contributed by atoms with van der Waals surface area (Å²) < 4.78 is 10.6. The zero-order valence-electron chi connectivity index (χ0n) is 10.4. The van der Waals surface area contributed by atoms with Crippen molar-refractivity contribution in [3.05, 3.63) is 12.4 Å². The van der Waals surface area contributed by atoms with Gasteiger partial charge in [-0.25, -0.2) is 9.97 Å². The van der Waals surface area contributed by atoms with Crippen molar-refractivity contribution in [2.45, 2.75) is 26.6 Å². The van der Waals surface area contributed by atoms with Gasteiger partial charge in [0.1, 0.15) is 12.1 Å². The number of nitrogens with two attached hydrogens (primary N) is 1. The molecule has 0 aliphatic rings. The smallest absolute Gasteiger partial charge is 0.218 e. The van der Waals surface area contributed by atoms with Gasteiger partial charge >= 0.3 is 0 Å². The molecule has 1 heterocycles. The number of anilines is 1. The second kappa shape index (κ2) is 5.79. The van der Waals surface area contributed by atoms with Gasteiger partial charge in [0.05, 0.1) is 13.2 Å². The fourth-order valence-corrected chi connectivity index (χ4v) is 1.05. The SMILES string of the molecule is C[C@@H](COc1cc(N)ncn1)COC(C)(C)O. The van der Waals surface area contributed by atoms with Crippen LogP contribution >= 0.6 is 0 Å². The van der Waals surface area contributed by atoms with Crippen molar-refractivity contribution in [1.29, 1.82) is 0 Å². The zero-order chi connectivity index (χ0) is 12.9. The Hall–Kier alpha value is -1.40. The molecule has 96 valence electrons. The second-order valence-electron chi connectivity index (χ2n) is 4.46. The second-order valence-corrected chi connectivity index (χ2v) is 4.46. The van der Waals surface area contributed by atoms with Gasteiger partial charge in [0, 0.05) is 12.0 Å².